The quantitative estimate of drug-likeness (QED) is 0.846. The van der Waals surface area contributed by atoms with Crippen LogP contribution in [0, 0.1) is 0 Å². The van der Waals surface area contributed by atoms with Gasteiger partial charge in [-0.1, -0.05) is 0 Å². The summed E-state index contributed by atoms with van der Waals surface area (Å²) >= 11 is 0. The Balaban J connectivity index is 1.52. The number of hydrogen-bond donors (Lipinski definition) is 2. The maximum atomic E-state index is 12.6. The lowest BCUT2D eigenvalue weighted by atomic mass is 10.0. The minimum absolute atomic E-state index is 0.0542. The Morgan fingerprint density at radius 2 is 1.81 bits per heavy atom. The SMILES string of the molecule is O=C1CCc2cc(S(=O)(=O)Nc3cnc(N4CCCC4)nc3)ccc2N1. The number of anilines is 3. The number of nitrogens with zero attached hydrogens (tertiary/aromatic N) is 3. The van der Waals surface area contributed by atoms with Crippen LogP contribution in [0.1, 0.15) is 24.8 Å². The third kappa shape index (κ3) is 3.34. The van der Waals surface area contributed by atoms with Gasteiger partial charge in [-0.2, -0.15) is 0 Å². The molecule has 2 N–H and O–H groups in total. The Bertz CT molecular complexity index is 937. The van der Waals surface area contributed by atoms with Crippen molar-refractivity contribution in [3.05, 3.63) is 36.2 Å². The highest BCUT2D eigenvalue weighted by Crippen LogP contribution is 2.26. The minimum atomic E-state index is -3.75. The summed E-state index contributed by atoms with van der Waals surface area (Å²) < 4.78 is 27.8. The van der Waals surface area contributed by atoms with Crippen molar-refractivity contribution < 1.29 is 13.2 Å². The van der Waals surface area contributed by atoms with Crippen LogP contribution in [-0.4, -0.2) is 37.4 Å². The largest absolute Gasteiger partial charge is 0.341 e. The fourth-order valence-corrected chi connectivity index (χ4v) is 4.27. The van der Waals surface area contributed by atoms with Gasteiger partial charge in [-0.05, 0) is 43.0 Å². The highest BCUT2D eigenvalue weighted by molar-refractivity contribution is 7.92. The summed E-state index contributed by atoms with van der Waals surface area (Å²) in [4.78, 5) is 22.2. The van der Waals surface area contributed by atoms with Crippen molar-refractivity contribution in [3.63, 3.8) is 0 Å². The smallest absolute Gasteiger partial charge is 0.262 e. The first-order valence-corrected chi connectivity index (χ1v) is 10.0. The maximum Gasteiger partial charge on any atom is 0.262 e. The molecule has 0 saturated carbocycles. The third-order valence-electron chi connectivity index (χ3n) is 4.56. The van der Waals surface area contributed by atoms with Crippen molar-refractivity contribution in [3.8, 4) is 0 Å². The number of sulfonamides is 1. The molecule has 9 heteroatoms. The summed E-state index contributed by atoms with van der Waals surface area (Å²) in [6, 6.07) is 4.69. The summed E-state index contributed by atoms with van der Waals surface area (Å²) in [6.45, 7) is 1.85. The highest BCUT2D eigenvalue weighted by Gasteiger charge is 2.21. The number of rotatable bonds is 4. The molecular formula is C17H19N5O3S. The van der Waals surface area contributed by atoms with E-state index in [-0.39, 0.29) is 10.8 Å². The number of benzene rings is 1. The van der Waals surface area contributed by atoms with Crippen molar-refractivity contribution >= 4 is 33.3 Å². The Labute approximate surface area is 151 Å². The molecule has 1 saturated heterocycles. The average Bonchev–Trinajstić information content (AvgIpc) is 3.16. The molecule has 1 aromatic heterocycles. The number of amides is 1. The number of aromatic nitrogens is 2. The molecule has 8 nitrogen and oxygen atoms in total. The lowest BCUT2D eigenvalue weighted by molar-refractivity contribution is -0.116. The number of nitrogens with one attached hydrogen (secondary N) is 2. The van der Waals surface area contributed by atoms with Crippen LogP contribution in [0.3, 0.4) is 0 Å². The number of carbonyl (C=O) groups is 1. The van der Waals surface area contributed by atoms with Crippen LogP contribution in [0.5, 0.6) is 0 Å². The van der Waals surface area contributed by atoms with E-state index >= 15 is 0 Å². The fraction of sp³-hybridized carbons (Fsp3) is 0.353. The summed E-state index contributed by atoms with van der Waals surface area (Å²) in [5.74, 6) is 0.566. The highest BCUT2D eigenvalue weighted by atomic mass is 32.2. The van der Waals surface area contributed by atoms with E-state index in [9.17, 15) is 13.2 Å². The lowest BCUT2D eigenvalue weighted by Gasteiger charge is -2.18. The van der Waals surface area contributed by atoms with Gasteiger partial charge in [0.2, 0.25) is 11.9 Å². The minimum Gasteiger partial charge on any atom is -0.341 e. The molecule has 1 amide bonds. The zero-order valence-corrected chi connectivity index (χ0v) is 14.9. The summed E-state index contributed by atoms with van der Waals surface area (Å²) in [5.41, 5.74) is 1.80. The van der Waals surface area contributed by atoms with Crippen LogP contribution >= 0.6 is 0 Å². The molecule has 4 rings (SSSR count). The molecule has 26 heavy (non-hydrogen) atoms. The molecule has 0 radical (unpaired) electrons. The normalized spacial score (nSPS) is 16.9. The van der Waals surface area contributed by atoms with Crippen molar-refractivity contribution in [2.75, 3.05) is 28.0 Å². The van der Waals surface area contributed by atoms with E-state index in [2.05, 4.69) is 24.9 Å². The summed E-state index contributed by atoms with van der Waals surface area (Å²) in [5, 5.41) is 2.74. The Kier molecular flexibility index (Phi) is 4.23. The van der Waals surface area contributed by atoms with Crippen LogP contribution in [0.4, 0.5) is 17.3 Å². The molecule has 3 heterocycles. The van der Waals surface area contributed by atoms with Gasteiger partial charge in [0.1, 0.15) is 0 Å². The van der Waals surface area contributed by atoms with Crippen molar-refractivity contribution in [1.29, 1.82) is 0 Å². The third-order valence-corrected chi connectivity index (χ3v) is 5.94. The van der Waals surface area contributed by atoms with Gasteiger partial charge in [-0.3, -0.25) is 9.52 Å². The van der Waals surface area contributed by atoms with Gasteiger partial charge in [0.05, 0.1) is 23.0 Å². The van der Waals surface area contributed by atoms with Crippen LogP contribution in [0.15, 0.2) is 35.5 Å². The number of fused-ring (bicyclic) bond motifs is 1. The van der Waals surface area contributed by atoms with Crippen LogP contribution in [0.25, 0.3) is 0 Å². The van der Waals surface area contributed by atoms with Gasteiger partial charge in [0.25, 0.3) is 10.0 Å². The van der Waals surface area contributed by atoms with E-state index in [0.717, 1.165) is 31.5 Å². The van der Waals surface area contributed by atoms with Crippen molar-refractivity contribution in [1.82, 2.24) is 9.97 Å². The van der Waals surface area contributed by atoms with E-state index < -0.39 is 10.0 Å². The lowest BCUT2D eigenvalue weighted by Crippen LogP contribution is -2.21. The van der Waals surface area contributed by atoms with Gasteiger partial charge in [0.15, 0.2) is 0 Å². The second-order valence-electron chi connectivity index (χ2n) is 6.44. The zero-order valence-electron chi connectivity index (χ0n) is 14.1. The molecule has 2 aliphatic heterocycles. The number of hydrogen-bond acceptors (Lipinski definition) is 6. The van der Waals surface area contributed by atoms with E-state index in [4.69, 9.17) is 0 Å². The Morgan fingerprint density at radius 3 is 2.54 bits per heavy atom. The number of aryl methyl sites for hydroxylation is 1. The molecule has 0 bridgehead atoms. The van der Waals surface area contributed by atoms with Gasteiger partial charge in [0, 0.05) is 25.2 Å². The second kappa shape index (κ2) is 6.56. The monoisotopic (exact) mass is 373 g/mol. The molecule has 0 unspecified atom stereocenters. The van der Waals surface area contributed by atoms with Gasteiger partial charge < -0.3 is 10.2 Å². The van der Waals surface area contributed by atoms with E-state index in [0.29, 0.717) is 30.2 Å². The first-order valence-electron chi connectivity index (χ1n) is 8.54. The van der Waals surface area contributed by atoms with Crippen LogP contribution in [-0.2, 0) is 21.2 Å². The topological polar surface area (TPSA) is 104 Å². The summed E-state index contributed by atoms with van der Waals surface area (Å²) in [6.07, 6.45) is 6.09. The van der Waals surface area contributed by atoms with Gasteiger partial charge >= 0.3 is 0 Å². The van der Waals surface area contributed by atoms with E-state index in [1.807, 2.05) is 0 Å². The van der Waals surface area contributed by atoms with Crippen LogP contribution < -0.4 is 14.9 Å². The molecule has 2 aliphatic rings. The maximum absolute atomic E-state index is 12.6. The Morgan fingerprint density at radius 1 is 1.08 bits per heavy atom. The number of carbonyl (C=O) groups excluding carboxylic acids is 1. The van der Waals surface area contributed by atoms with Gasteiger partial charge in [-0.25, -0.2) is 18.4 Å². The molecule has 0 atom stereocenters. The standard InChI is InChI=1S/C17H19N5O3S/c23-16-6-3-12-9-14(4-5-15(12)20-16)26(24,25)21-13-10-18-17(19-11-13)22-7-1-2-8-22/h4-5,9-11,21H,1-3,6-8H2,(H,20,23). The van der Waals surface area contributed by atoms with E-state index in [1.165, 1.54) is 18.5 Å². The van der Waals surface area contributed by atoms with Crippen LogP contribution in [0.2, 0.25) is 0 Å². The first-order chi connectivity index (χ1) is 12.5. The Hall–Kier alpha value is -2.68. The summed E-state index contributed by atoms with van der Waals surface area (Å²) in [7, 11) is -3.75. The first kappa shape index (κ1) is 16.8. The average molecular weight is 373 g/mol. The van der Waals surface area contributed by atoms with Gasteiger partial charge in [-0.15, -0.1) is 0 Å². The fourth-order valence-electron chi connectivity index (χ4n) is 3.20. The second-order valence-corrected chi connectivity index (χ2v) is 8.12. The predicted molar refractivity (Wildman–Crippen MR) is 97.7 cm³/mol. The van der Waals surface area contributed by atoms with E-state index in [1.54, 1.807) is 12.1 Å². The zero-order chi connectivity index (χ0) is 18.1. The predicted octanol–water partition coefficient (Wildman–Crippen LogP) is 1.76. The van der Waals surface area contributed by atoms with Crippen molar-refractivity contribution in [2.24, 2.45) is 0 Å². The molecular weight excluding hydrogens is 354 g/mol. The molecule has 1 aromatic carbocycles. The molecule has 0 aliphatic carbocycles. The van der Waals surface area contributed by atoms with Crippen molar-refractivity contribution in [2.45, 2.75) is 30.6 Å². The molecule has 1 fully saturated rings. The molecule has 136 valence electrons. The molecule has 0 spiro atoms. The molecule has 2 aromatic rings.